The molecule has 0 aromatic carbocycles. The molecule has 4 heteroatoms. The molecule has 1 heterocycles. The van der Waals surface area contributed by atoms with Crippen LogP contribution in [0.25, 0.3) is 0 Å². The molecule has 0 fully saturated rings. The summed E-state index contributed by atoms with van der Waals surface area (Å²) >= 11 is 0. The molecule has 0 bridgehead atoms. The van der Waals surface area contributed by atoms with E-state index in [1.54, 1.807) is 0 Å². The van der Waals surface area contributed by atoms with Gasteiger partial charge < -0.3 is 10.6 Å². The van der Waals surface area contributed by atoms with Crippen molar-refractivity contribution in [2.24, 2.45) is 0 Å². The molecule has 0 spiro atoms. The number of rotatable bonds is 8. The number of aromatic nitrogens is 2. The molecule has 0 saturated carbocycles. The third-order valence-corrected chi connectivity index (χ3v) is 3.87. The highest BCUT2D eigenvalue weighted by Gasteiger charge is 2.24. The van der Waals surface area contributed by atoms with Gasteiger partial charge in [-0.25, -0.2) is 9.97 Å². The fraction of sp³-hybridized carbons (Fsp3) is 0.733. The number of nitrogens with one attached hydrogen (secondary N) is 2. The maximum Gasteiger partial charge on any atom is 0.132 e. The van der Waals surface area contributed by atoms with Gasteiger partial charge in [-0.05, 0) is 26.2 Å². The number of anilines is 2. The minimum Gasteiger partial charge on any atom is -0.370 e. The van der Waals surface area contributed by atoms with Crippen LogP contribution in [-0.2, 0) is 6.42 Å². The monoisotopic (exact) mass is 264 g/mol. The minimum atomic E-state index is 0.142. The van der Waals surface area contributed by atoms with Crippen LogP contribution in [0, 0.1) is 0 Å². The SMILES string of the molecule is CCNc1cc(NC(CC)(CC)CC)nc(CC)n1. The van der Waals surface area contributed by atoms with Crippen molar-refractivity contribution in [1.82, 2.24) is 9.97 Å². The molecule has 2 N–H and O–H groups in total. The van der Waals surface area contributed by atoms with Crippen LogP contribution in [-0.4, -0.2) is 22.1 Å². The lowest BCUT2D eigenvalue weighted by Crippen LogP contribution is -2.36. The Morgan fingerprint density at radius 2 is 1.53 bits per heavy atom. The molecule has 0 aliphatic rings. The third kappa shape index (κ3) is 4.08. The van der Waals surface area contributed by atoms with Crippen molar-refractivity contribution in [3.63, 3.8) is 0 Å². The molecule has 108 valence electrons. The summed E-state index contributed by atoms with van der Waals surface area (Å²) in [6.07, 6.45) is 4.15. The van der Waals surface area contributed by atoms with Crippen LogP contribution in [0.1, 0.15) is 59.7 Å². The first kappa shape index (κ1) is 15.7. The second-order valence-corrected chi connectivity index (χ2v) is 4.90. The molecule has 1 aromatic heterocycles. The quantitative estimate of drug-likeness (QED) is 0.748. The van der Waals surface area contributed by atoms with E-state index < -0.39 is 0 Å². The van der Waals surface area contributed by atoms with Gasteiger partial charge in [-0.2, -0.15) is 0 Å². The Morgan fingerprint density at radius 3 is 2.00 bits per heavy atom. The van der Waals surface area contributed by atoms with Gasteiger partial charge >= 0.3 is 0 Å². The normalized spacial score (nSPS) is 11.4. The summed E-state index contributed by atoms with van der Waals surface area (Å²) in [5.74, 6) is 2.74. The first-order valence-corrected chi connectivity index (χ1v) is 7.53. The summed E-state index contributed by atoms with van der Waals surface area (Å²) in [5, 5.41) is 6.90. The first-order chi connectivity index (χ1) is 9.12. The van der Waals surface area contributed by atoms with E-state index in [-0.39, 0.29) is 5.54 Å². The zero-order chi connectivity index (χ0) is 14.3. The highest BCUT2D eigenvalue weighted by Crippen LogP contribution is 2.25. The van der Waals surface area contributed by atoms with Crippen molar-refractivity contribution in [1.29, 1.82) is 0 Å². The summed E-state index contributed by atoms with van der Waals surface area (Å²) in [6.45, 7) is 11.7. The molecule has 19 heavy (non-hydrogen) atoms. The Kier molecular flexibility index (Phi) is 6.06. The molecular formula is C15H28N4. The number of hydrogen-bond acceptors (Lipinski definition) is 4. The van der Waals surface area contributed by atoms with Gasteiger partial charge in [-0.1, -0.05) is 27.7 Å². The molecular weight excluding hydrogens is 236 g/mol. The second kappa shape index (κ2) is 7.31. The van der Waals surface area contributed by atoms with Gasteiger partial charge in [0.15, 0.2) is 0 Å². The zero-order valence-corrected chi connectivity index (χ0v) is 13.0. The van der Waals surface area contributed by atoms with E-state index >= 15 is 0 Å². The predicted molar refractivity (Wildman–Crippen MR) is 82.8 cm³/mol. The minimum absolute atomic E-state index is 0.142. The van der Waals surface area contributed by atoms with Crippen LogP contribution < -0.4 is 10.6 Å². The maximum absolute atomic E-state index is 4.60. The van der Waals surface area contributed by atoms with Gasteiger partial charge in [-0.3, -0.25) is 0 Å². The van der Waals surface area contributed by atoms with E-state index in [0.717, 1.165) is 49.7 Å². The van der Waals surface area contributed by atoms with Gasteiger partial charge in [0.2, 0.25) is 0 Å². The van der Waals surface area contributed by atoms with Crippen molar-refractivity contribution < 1.29 is 0 Å². The zero-order valence-electron chi connectivity index (χ0n) is 13.0. The molecule has 0 aliphatic heterocycles. The lowest BCUT2D eigenvalue weighted by atomic mass is 9.90. The lowest BCUT2D eigenvalue weighted by Gasteiger charge is -2.32. The molecule has 4 nitrogen and oxygen atoms in total. The molecule has 0 unspecified atom stereocenters. The van der Waals surface area contributed by atoms with Crippen LogP contribution in [0.3, 0.4) is 0 Å². The van der Waals surface area contributed by atoms with Crippen molar-refractivity contribution in [2.75, 3.05) is 17.2 Å². The van der Waals surface area contributed by atoms with Crippen molar-refractivity contribution in [2.45, 2.75) is 65.8 Å². The molecule has 1 rings (SSSR count). The fourth-order valence-corrected chi connectivity index (χ4v) is 2.28. The first-order valence-electron chi connectivity index (χ1n) is 7.53. The molecule has 1 aromatic rings. The topological polar surface area (TPSA) is 49.8 Å². The summed E-state index contributed by atoms with van der Waals surface area (Å²) in [5.41, 5.74) is 0.142. The molecule has 0 atom stereocenters. The summed E-state index contributed by atoms with van der Waals surface area (Å²) in [6, 6.07) is 2.01. The van der Waals surface area contributed by atoms with Gasteiger partial charge in [0.25, 0.3) is 0 Å². The van der Waals surface area contributed by atoms with Gasteiger partial charge in [-0.15, -0.1) is 0 Å². The second-order valence-electron chi connectivity index (χ2n) is 4.90. The van der Waals surface area contributed by atoms with E-state index in [4.69, 9.17) is 0 Å². The predicted octanol–water partition coefficient (Wildman–Crippen LogP) is 3.85. The van der Waals surface area contributed by atoms with Crippen LogP contribution in [0.15, 0.2) is 6.07 Å². The average Bonchev–Trinajstić information content (AvgIpc) is 2.45. The lowest BCUT2D eigenvalue weighted by molar-refractivity contribution is 0.419. The van der Waals surface area contributed by atoms with E-state index in [1.165, 1.54) is 0 Å². The Morgan fingerprint density at radius 1 is 0.947 bits per heavy atom. The molecule has 0 saturated heterocycles. The highest BCUT2D eigenvalue weighted by atomic mass is 15.1. The Hall–Kier alpha value is -1.32. The van der Waals surface area contributed by atoms with Crippen LogP contribution in [0.2, 0.25) is 0 Å². The third-order valence-electron chi connectivity index (χ3n) is 3.87. The number of aryl methyl sites for hydroxylation is 1. The summed E-state index contributed by atoms with van der Waals surface area (Å²) in [7, 11) is 0. The highest BCUT2D eigenvalue weighted by molar-refractivity contribution is 5.49. The van der Waals surface area contributed by atoms with E-state index in [9.17, 15) is 0 Å². The van der Waals surface area contributed by atoms with Gasteiger partial charge in [0.05, 0.1) is 0 Å². The fourth-order valence-electron chi connectivity index (χ4n) is 2.28. The van der Waals surface area contributed by atoms with Crippen LogP contribution in [0.4, 0.5) is 11.6 Å². The smallest absolute Gasteiger partial charge is 0.132 e. The molecule has 0 radical (unpaired) electrons. The Labute approximate surface area is 117 Å². The summed E-state index contributed by atoms with van der Waals surface area (Å²) < 4.78 is 0. The number of nitrogens with zero attached hydrogens (tertiary/aromatic N) is 2. The van der Waals surface area contributed by atoms with Crippen molar-refractivity contribution in [3.8, 4) is 0 Å². The van der Waals surface area contributed by atoms with Gasteiger partial charge in [0.1, 0.15) is 17.5 Å². The molecule has 0 aliphatic carbocycles. The van der Waals surface area contributed by atoms with Crippen LogP contribution >= 0.6 is 0 Å². The Balaban J connectivity index is 3.01. The molecule has 0 amide bonds. The van der Waals surface area contributed by atoms with Crippen LogP contribution in [0.5, 0.6) is 0 Å². The summed E-state index contributed by atoms with van der Waals surface area (Å²) in [4.78, 5) is 9.09. The largest absolute Gasteiger partial charge is 0.370 e. The van der Waals surface area contributed by atoms with Gasteiger partial charge in [0, 0.05) is 24.6 Å². The average molecular weight is 264 g/mol. The Bertz CT molecular complexity index is 377. The van der Waals surface area contributed by atoms with Crippen molar-refractivity contribution >= 4 is 11.6 Å². The number of hydrogen-bond donors (Lipinski definition) is 2. The van der Waals surface area contributed by atoms with Crippen molar-refractivity contribution in [3.05, 3.63) is 11.9 Å². The van der Waals surface area contributed by atoms with E-state index in [1.807, 2.05) is 6.07 Å². The standard InChI is InChI=1S/C15H28N4/c1-6-12-17-13(16-10-5)11-14(18-12)19-15(7-2,8-3)9-4/h11H,6-10H2,1-5H3,(H2,16,17,18,19). The maximum atomic E-state index is 4.60. The van der Waals surface area contributed by atoms with E-state index in [0.29, 0.717) is 0 Å². The van der Waals surface area contributed by atoms with E-state index in [2.05, 4.69) is 55.2 Å².